The first kappa shape index (κ1) is 13.3. The summed E-state index contributed by atoms with van der Waals surface area (Å²) >= 11 is 0. The van der Waals surface area contributed by atoms with Crippen LogP contribution in [-0.2, 0) is 9.53 Å². The number of likely N-dealkylation sites (tertiary alicyclic amines) is 1. The molecule has 2 rings (SSSR count). The van der Waals surface area contributed by atoms with Gasteiger partial charge >= 0.3 is 6.09 Å². The fraction of sp³-hybridized carbons (Fsp3) is 0.846. The molecular formula is C13H20FNO3. The molecular weight excluding hydrogens is 237 g/mol. The Bertz CT molecular complexity index is 377. The Morgan fingerprint density at radius 2 is 2.17 bits per heavy atom. The number of ether oxygens (including phenoxy) is 1. The monoisotopic (exact) mass is 257 g/mol. The Hall–Kier alpha value is -1.13. The summed E-state index contributed by atoms with van der Waals surface area (Å²) in [5, 5.41) is 0. The Labute approximate surface area is 106 Å². The summed E-state index contributed by atoms with van der Waals surface area (Å²) in [4.78, 5) is 24.9. The highest BCUT2D eigenvalue weighted by atomic mass is 19.1. The van der Waals surface area contributed by atoms with Crippen LogP contribution < -0.4 is 0 Å². The van der Waals surface area contributed by atoms with Crippen molar-refractivity contribution in [3.05, 3.63) is 0 Å². The lowest BCUT2D eigenvalue weighted by atomic mass is 9.78. The van der Waals surface area contributed by atoms with Crippen LogP contribution in [0.4, 0.5) is 9.18 Å². The molecule has 1 saturated heterocycles. The SMILES string of the molecule is CC(C)(C)OC(=O)N1C[C@H]2CCCC(=O)[C@]2(F)C1. The number of hydrogen-bond acceptors (Lipinski definition) is 3. The zero-order chi connectivity index (χ0) is 13.6. The van der Waals surface area contributed by atoms with Gasteiger partial charge in [-0.2, -0.15) is 0 Å². The van der Waals surface area contributed by atoms with Gasteiger partial charge in [-0.15, -0.1) is 0 Å². The molecule has 2 aliphatic rings. The molecule has 102 valence electrons. The van der Waals surface area contributed by atoms with Crippen LogP contribution >= 0.6 is 0 Å². The molecule has 1 aliphatic heterocycles. The predicted octanol–water partition coefficient (Wildman–Crippen LogP) is 2.31. The van der Waals surface area contributed by atoms with Crippen LogP contribution in [0.15, 0.2) is 0 Å². The molecule has 18 heavy (non-hydrogen) atoms. The smallest absolute Gasteiger partial charge is 0.410 e. The van der Waals surface area contributed by atoms with E-state index in [4.69, 9.17) is 4.74 Å². The van der Waals surface area contributed by atoms with E-state index in [-0.39, 0.29) is 31.2 Å². The number of carbonyl (C=O) groups excluding carboxylic acids is 2. The lowest BCUT2D eigenvalue weighted by Crippen LogP contribution is -2.45. The van der Waals surface area contributed by atoms with Crippen LogP contribution in [0.25, 0.3) is 0 Å². The Morgan fingerprint density at radius 1 is 1.50 bits per heavy atom. The number of rotatable bonds is 0. The summed E-state index contributed by atoms with van der Waals surface area (Å²) in [6, 6.07) is 0. The lowest BCUT2D eigenvalue weighted by Gasteiger charge is -2.28. The molecule has 0 N–H and O–H groups in total. The second-order valence-electron chi connectivity index (χ2n) is 6.24. The van der Waals surface area contributed by atoms with Crippen LogP contribution in [0.5, 0.6) is 0 Å². The van der Waals surface area contributed by atoms with E-state index in [1.54, 1.807) is 20.8 Å². The van der Waals surface area contributed by atoms with Crippen LogP contribution in [0.1, 0.15) is 40.0 Å². The van der Waals surface area contributed by atoms with Gasteiger partial charge in [0.1, 0.15) is 5.60 Å². The van der Waals surface area contributed by atoms with Crippen molar-refractivity contribution in [2.45, 2.75) is 51.3 Å². The summed E-state index contributed by atoms with van der Waals surface area (Å²) in [5.74, 6) is -0.712. The van der Waals surface area contributed by atoms with Gasteiger partial charge in [0.25, 0.3) is 0 Å². The van der Waals surface area contributed by atoms with Gasteiger partial charge < -0.3 is 9.64 Å². The highest BCUT2D eigenvalue weighted by molar-refractivity contribution is 5.90. The minimum absolute atomic E-state index is 0.147. The van der Waals surface area contributed by atoms with Crippen molar-refractivity contribution in [2.24, 2.45) is 5.92 Å². The topological polar surface area (TPSA) is 46.6 Å². The van der Waals surface area contributed by atoms with Gasteiger partial charge in [-0.3, -0.25) is 4.79 Å². The van der Waals surface area contributed by atoms with Crippen molar-refractivity contribution in [3.63, 3.8) is 0 Å². The number of nitrogens with zero attached hydrogens (tertiary/aromatic N) is 1. The highest BCUT2D eigenvalue weighted by Gasteiger charge is 2.55. The number of alkyl halides is 1. The summed E-state index contributed by atoms with van der Waals surface area (Å²) in [6.07, 6.45) is 1.15. The minimum atomic E-state index is -1.84. The van der Waals surface area contributed by atoms with E-state index in [1.807, 2.05) is 0 Å². The number of halogens is 1. The molecule has 1 heterocycles. The van der Waals surface area contributed by atoms with E-state index in [0.29, 0.717) is 6.42 Å². The lowest BCUT2D eigenvalue weighted by molar-refractivity contribution is -0.134. The van der Waals surface area contributed by atoms with Crippen molar-refractivity contribution in [2.75, 3.05) is 13.1 Å². The molecule has 0 radical (unpaired) electrons. The Kier molecular flexibility index (Phi) is 3.11. The van der Waals surface area contributed by atoms with E-state index in [9.17, 15) is 14.0 Å². The van der Waals surface area contributed by atoms with Gasteiger partial charge in [0.2, 0.25) is 0 Å². The zero-order valence-electron chi connectivity index (χ0n) is 11.2. The van der Waals surface area contributed by atoms with Crippen LogP contribution in [-0.4, -0.2) is 41.1 Å². The molecule has 1 amide bonds. The zero-order valence-corrected chi connectivity index (χ0v) is 11.2. The van der Waals surface area contributed by atoms with Crippen molar-refractivity contribution in [3.8, 4) is 0 Å². The normalized spacial score (nSPS) is 32.3. The van der Waals surface area contributed by atoms with Gasteiger partial charge in [-0.25, -0.2) is 9.18 Å². The number of carbonyl (C=O) groups is 2. The van der Waals surface area contributed by atoms with E-state index in [0.717, 1.165) is 6.42 Å². The Morgan fingerprint density at radius 3 is 2.72 bits per heavy atom. The summed E-state index contributed by atoms with van der Waals surface area (Å²) in [6.45, 7) is 5.45. The molecule has 2 fully saturated rings. The number of Topliss-reactive ketones (excluding diaryl/α,β-unsaturated/α-hetero) is 1. The summed E-state index contributed by atoms with van der Waals surface area (Å²) < 4.78 is 19.8. The molecule has 0 unspecified atom stereocenters. The van der Waals surface area contributed by atoms with Crippen molar-refractivity contribution < 1.29 is 18.7 Å². The van der Waals surface area contributed by atoms with Gasteiger partial charge in [0.15, 0.2) is 11.5 Å². The van der Waals surface area contributed by atoms with Gasteiger partial charge in [0, 0.05) is 18.9 Å². The van der Waals surface area contributed by atoms with Crippen molar-refractivity contribution >= 4 is 11.9 Å². The first-order valence-electron chi connectivity index (χ1n) is 6.42. The molecule has 0 aromatic rings. The quantitative estimate of drug-likeness (QED) is 0.669. The second kappa shape index (κ2) is 4.21. The molecule has 0 bridgehead atoms. The molecule has 0 aromatic carbocycles. The van der Waals surface area contributed by atoms with Gasteiger partial charge in [0.05, 0.1) is 6.54 Å². The highest BCUT2D eigenvalue weighted by Crippen LogP contribution is 2.40. The minimum Gasteiger partial charge on any atom is -0.444 e. The number of fused-ring (bicyclic) bond motifs is 1. The third kappa shape index (κ3) is 2.35. The number of amides is 1. The van der Waals surface area contributed by atoms with E-state index >= 15 is 0 Å². The first-order valence-corrected chi connectivity index (χ1v) is 6.42. The van der Waals surface area contributed by atoms with E-state index in [1.165, 1.54) is 4.90 Å². The standard InChI is InChI=1S/C13H20FNO3/c1-12(2,3)18-11(17)15-7-9-5-4-6-10(16)13(9,14)8-15/h9H,4-8H2,1-3H3/t9-,13+/m1/s1. The predicted molar refractivity (Wildman–Crippen MR) is 64.0 cm³/mol. The van der Waals surface area contributed by atoms with E-state index < -0.39 is 17.4 Å². The number of hydrogen-bond donors (Lipinski definition) is 0. The van der Waals surface area contributed by atoms with E-state index in [2.05, 4.69) is 0 Å². The fourth-order valence-electron chi connectivity index (χ4n) is 2.70. The maximum atomic E-state index is 14.6. The average molecular weight is 257 g/mol. The summed E-state index contributed by atoms with van der Waals surface area (Å²) in [7, 11) is 0. The van der Waals surface area contributed by atoms with Crippen LogP contribution in [0.2, 0.25) is 0 Å². The van der Waals surface area contributed by atoms with Crippen molar-refractivity contribution in [1.29, 1.82) is 0 Å². The van der Waals surface area contributed by atoms with Gasteiger partial charge in [-0.1, -0.05) is 0 Å². The Balaban J connectivity index is 2.07. The molecule has 5 heteroatoms. The van der Waals surface area contributed by atoms with Crippen LogP contribution in [0, 0.1) is 5.92 Å². The molecule has 4 nitrogen and oxygen atoms in total. The molecule has 2 atom stereocenters. The average Bonchev–Trinajstić information content (AvgIpc) is 2.56. The maximum absolute atomic E-state index is 14.6. The fourth-order valence-corrected chi connectivity index (χ4v) is 2.70. The molecule has 0 aromatic heterocycles. The third-order valence-electron chi connectivity index (χ3n) is 3.58. The van der Waals surface area contributed by atoms with Gasteiger partial charge in [-0.05, 0) is 33.6 Å². The third-order valence-corrected chi connectivity index (χ3v) is 3.58. The largest absolute Gasteiger partial charge is 0.444 e. The first-order chi connectivity index (χ1) is 8.22. The summed E-state index contributed by atoms with van der Waals surface area (Å²) in [5.41, 5.74) is -2.44. The molecule has 1 aliphatic carbocycles. The van der Waals surface area contributed by atoms with Crippen LogP contribution in [0.3, 0.4) is 0 Å². The molecule has 0 spiro atoms. The second-order valence-corrected chi connectivity index (χ2v) is 6.24. The number of ketones is 1. The van der Waals surface area contributed by atoms with Crippen molar-refractivity contribution in [1.82, 2.24) is 4.90 Å². The molecule has 1 saturated carbocycles. The maximum Gasteiger partial charge on any atom is 0.410 e.